The molecule has 1 saturated heterocycles. The summed E-state index contributed by atoms with van der Waals surface area (Å²) in [6, 6.07) is 22.6. The molecule has 3 atom stereocenters. The number of Topliss-reactive ketones (excluding diaryl/α,β-unsaturated/α-hetero) is 1. The number of nitrogens with zero attached hydrogens (tertiary/aromatic N) is 1. The van der Waals surface area contributed by atoms with Gasteiger partial charge in [-0.25, -0.2) is 4.79 Å². The predicted octanol–water partition coefficient (Wildman–Crippen LogP) is 4.76. The summed E-state index contributed by atoms with van der Waals surface area (Å²) in [5, 5.41) is 2.59. The summed E-state index contributed by atoms with van der Waals surface area (Å²) in [6.45, 7) is 0.914. The zero-order chi connectivity index (χ0) is 27.5. The van der Waals surface area contributed by atoms with Gasteiger partial charge in [-0.3, -0.25) is 24.1 Å². The van der Waals surface area contributed by atoms with E-state index in [1.807, 2.05) is 18.2 Å². The van der Waals surface area contributed by atoms with Crippen LogP contribution in [0.2, 0.25) is 0 Å². The summed E-state index contributed by atoms with van der Waals surface area (Å²) >= 11 is 0. The maximum atomic E-state index is 13.3. The zero-order valence-corrected chi connectivity index (χ0v) is 21.5. The van der Waals surface area contributed by atoms with Crippen LogP contribution in [0, 0.1) is 11.8 Å². The molecule has 0 unspecified atom stereocenters. The van der Waals surface area contributed by atoms with Gasteiger partial charge >= 0.3 is 5.97 Å². The zero-order valence-electron chi connectivity index (χ0n) is 21.5. The van der Waals surface area contributed by atoms with Crippen LogP contribution in [0.1, 0.15) is 58.4 Å². The van der Waals surface area contributed by atoms with Crippen LogP contribution in [0.5, 0.6) is 0 Å². The van der Waals surface area contributed by atoms with Gasteiger partial charge in [0.1, 0.15) is 0 Å². The molecule has 0 aromatic heterocycles. The molecule has 0 bridgehead atoms. The van der Waals surface area contributed by atoms with Crippen LogP contribution in [0.3, 0.4) is 0 Å². The van der Waals surface area contributed by atoms with Crippen LogP contribution >= 0.6 is 0 Å². The number of ketones is 1. The number of anilines is 2. The Kier molecular flexibility index (Phi) is 7.36. The van der Waals surface area contributed by atoms with Crippen molar-refractivity contribution in [3.63, 3.8) is 0 Å². The van der Waals surface area contributed by atoms with E-state index < -0.39 is 18.5 Å². The number of amides is 3. The number of ether oxygens (including phenoxy) is 1. The number of benzene rings is 3. The van der Waals surface area contributed by atoms with Gasteiger partial charge in [0.05, 0.1) is 23.1 Å². The fraction of sp³-hybridized carbons (Fsp3) is 0.258. The average molecular weight is 525 g/mol. The van der Waals surface area contributed by atoms with E-state index in [2.05, 4.69) is 17.4 Å². The van der Waals surface area contributed by atoms with E-state index in [1.165, 1.54) is 29.5 Å². The third kappa shape index (κ3) is 5.50. The largest absolute Gasteiger partial charge is 0.452 e. The summed E-state index contributed by atoms with van der Waals surface area (Å²) in [7, 11) is 0. The molecule has 1 N–H and O–H groups in total. The number of carbonyl (C=O) groups is 5. The fourth-order valence-corrected chi connectivity index (χ4v) is 5.44. The van der Waals surface area contributed by atoms with Gasteiger partial charge in [0, 0.05) is 11.3 Å². The van der Waals surface area contributed by atoms with Crippen LogP contribution in [0.4, 0.5) is 11.4 Å². The lowest BCUT2D eigenvalue weighted by Crippen LogP contribution is -2.30. The molecule has 1 saturated carbocycles. The van der Waals surface area contributed by atoms with Crippen LogP contribution in [-0.4, -0.2) is 36.1 Å². The van der Waals surface area contributed by atoms with Crippen molar-refractivity contribution in [2.75, 3.05) is 16.8 Å². The lowest BCUT2D eigenvalue weighted by Gasteiger charge is -2.28. The van der Waals surface area contributed by atoms with Gasteiger partial charge in [0.2, 0.25) is 11.8 Å². The molecular weight excluding hydrogens is 496 g/mol. The summed E-state index contributed by atoms with van der Waals surface area (Å²) < 4.78 is 5.11. The number of fused-ring (bicyclic) bond motifs is 1. The molecular formula is C31H28N2O6. The molecule has 3 amide bonds. The van der Waals surface area contributed by atoms with Crippen LogP contribution in [0.25, 0.3) is 0 Å². The molecule has 0 spiro atoms. The first kappa shape index (κ1) is 26.0. The molecule has 3 aromatic carbocycles. The van der Waals surface area contributed by atoms with E-state index in [4.69, 9.17) is 4.74 Å². The van der Waals surface area contributed by atoms with Crippen molar-refractivity contribution >= 4 is 40.8 Å². The SMILES string of the molecule is CC(=O)c1cccc(NC(=O)COC(=O)c2ccc(N3C(=O)[C@H]4C[C@@H](c5ccccc5)CC[C@H]4C3=O)cc2)c1. The molecule has 1 aliphatic heterocycles. The lowest BCUT2D eigenvalue weighted by molar-refractivity contribution is -0.122. The highest BCUT2D eigenvalue weighted by atomic mass is 16.5. The maximum absolute atomic E-state index is 13.3. The van der Waals surface area contributed by atoms with E-state index >= 15 is 0 Å². The van der Waals surface area contributed by atoms with Crippen LogP contribution < -0.4 is 10.2 Å². The third-order valence-corrected chi connectivity index (χ3v) is 7.44. The van der Waals surface area contributed by atoms with E-state index in [1.54, 1.807) is 36.4 Å². The van der Waals surface area contributed by atoms with Crippen molar-refractivity contribution in [1.82, 2.24) is 0 Å². The van der Waals surface area contributed by atoms with Crippen molar-refractivity contribution in [2.24, 2.45) is 11.8 Å². The van der Waals surface area contributed by atoms with Crippen molar-refractivity contribution in [1.29, 1.82) is 0 Å². The standard InChI is InChI=1S/C31H28N2O6/c1-19(34)22-8-5-9-24(16-22)32-28(35)18-39-31(38)21-10-13-25(14-11-21)33-29(36)26-15-12-23(17-27(26)30(33)37)20-6-3-2-4-7-20/h2-11,13-14,16,23,26-27H,12,15,17-18H2,1H3,(H,32,35)/t23-,26+,27-/m0/s1. The molecule has 2 aliphatic rings. The topological polar surface area (TPSA) is 110 Å². The highest BCUT2D eigenvalue weighted by Gasteiger charge is 2.50. The number of carbonyl (C=O) groups excluding carboxylic acids is 5. The highest BCUT2D eigenvalue weighted by Crippen LogP contribution is 2.45. The highest BCUT2D eigenvalue weighted by molar-refractivity contribution is 6.22. The average Bonchev–Trinajstić information content (AvgIpc) is 3.21. The number of esters is 1. The van der Waals surface area contributed by atoms with Crippen molar-refractivity contribution in [3.05, 3.63) is 95.6 Å². The van der Waals surface area contributed by atoms with E-state index in [0.717, 1.165) is 6.42 Å². The van der Waals surface area contributed by atoms with Gasteiger partial charge in [-0.15, -0.1) is 0 Å². The quantitative estimate of drug-likeness (QED) is 0.271. The minimum absolute atomic E-state index is 0.131. The predicted molar refractivity (Wildman–Crippen MR) is 144 cm³/mol. The minimum atomic E-state index is -0.715. The molecule has 1 heterocycles. The molecule has 2 fully saturated rings. The van der Waals surface area contributed by atoms with Gasteiger partial charge in [0.15, 0.2) is 12.4 Å². The first-order chi connectivity index (χ1) is 18.8. The Morgan fingerprint density at radius 2 is 1.56 bits per heavy atom. The summed E-state index contributed by atoms with van der Waals surface area (Å²) in [6.07, 6.45) is 2.16. The Morgan fingerprint density at radius 1 is 0.846 bits per heavy atom. The molecule has 0 radical (unpaired) electrons. The van der Waals surface area contributed by atoms with E-state index in [0.29, 0.717) is 29.8 Å². The Labute approximate surface area is 226 Å². The third-order valence-electron chi connectivity index (χ3n) is 7.44. The minimum Gasteiger partial charge on any atom is -0.452 e. The van der Waals surface area contributed by atoms with Gasteiger partial charge < -0.3 is 10.1 Å². The lowest BCUT2D eigenvalue weighted by atomic mass is 9.73. The normalized spacial score (nSPS) is 20.3. The van der Waals surface area contributed by atoms with Crippen LogP contribution in [-0.2, 0) is 19.1 Å². The number of hydrogen-bond donors (Lipinski definition) is 1. The smallest absolute Gasteiger partial charge is 0.338 e. The van der Waals surface area contributed by atoms with Crippen molar-refractivity contribution in [2.45, 2.75) is 32.1 Å². The second-order valence-corrected chi connectivity index (χ2v) is 9.95. The second kappa shape index (κ2) is 11.0. The summed E-state index contributed by atoms with van der Waals surface area (Å²) in [5.74, 6) is -2.22. The van der Waals surface area contributed by atoms with Crippen molar-refractivity contribution < 1.29 is 28.7 Å². The molecule has 8 heteroatoms. The van der Waals surface area contributed by atoms with Gasteiger partial charge in [0.25, 0.3) is 5.91 Å². The van der Waals surface area contributed by atoms with E-state index in [9.17, 15) is 24.0 Å². The molecule has 3 aromatic rings. The Morgan fingerprint density at radius 3 is 2.28 bits per heavy atom. The number of rotatable bonds is 7. The maximum Gasteiger partial charge on any atom is 0.338 e. The van der Waals surface area contributed by atoms with E-state index in [-0.39, 0.29) is 40.9 Å². The monoisotopic (exact) mass is 524 g/mol. The Balaban J connectivity index is 1.19. The molecule has 1 aliphatic carbocycles. The molecule has 198 valence electrons. The molecule has 5 rings (SSSR count). The van der Waals surface area contributed by atoms with Gasteiger partial charge in [-0.1, -0.05) is 42.5 Å². The van der Waals surface area contributed by atoms with Gasteiger partial charge in [-0.05, 0) is 74.1 Å². The molecule has 39 heavy (non-hydrogen) atoms. The number of imide groups is 1. The fourth-order valence-electron chi connectivity index (χ4n) is 5.44. The first-order valence-corrected chi connectivity index (χ1v) is 12.9. The molecule has 8 nitrogen and oxygen atoms in total. The number of hydrogen-bond acceptors (Lipinski definition) is 6. The summed E-state index contributed by atoms with van der Waals surface area (Å²) in [5.41, 5.74) is 2.66. The first-order valence-electron chi connectivity index (χ1n) is 12.9. The van der Waals surface area contributed by atoms with Crippen LogP contribution in [0.15, 0.2) is 78.9 Å². The Bertz CT molecular complexity index is 1430. The van der Waals surface area contributed by atoms with Gasteiger partial charge in [-0.2, -0.15) is 0 Å². The second-order valence-electron chi connectivity index (χ2n) is 9.95. The Hall–Kier alpha value is -4.59. The number of nitrogens with one attached hydrogen (secondary N) is 1. The van der Waals surface area contributed by atoms with Crippen molar-refractivity contribution in [3.8, 4) is 0 Å². The summed E-state index contributed by atoms with van der Waals surface area (Å²) in [4.78, 5) is 63.9.